The van der Waals surface area contributed by atoms with Crippen LogP contribution in [0.2, 0.25) is 0 Å². The highest BCUT2D eigenvalue weighted by Gasteiger charge is 2.22. The van der Waals surface area contributed by atoms with Gasteiger partial charge in [-0.1, -0.05) is 0 Å². The molecule has 0 radical (unpaired) electrons. The molecule has 29 heavy (non-hydrogen) atoms. The molecule has 0 fully saturated rings. The normalized spacial score (nSPS) is 11.5. The fraction of sp³-hybridized carbons (Fsp3) is 0.105. The predicted molar refractivity (Wildman–Crippen MR) is 100 cm³/mol. The lowest BCUT2D eigenvalue weighted by molar-refractivity contribution is -0.384. The van der Waals surface area contributed by atoms with Gasteiger partial charge in [0.05, 0.1) is 17.4 Å². The number of anilines is 1. The average molecular weight is 398 g/mol. The van der Waals surface area contributed by atoms with Crippen molar-refractivity contribution in [2.75, 3.05) is 5.32 Å². The second-order valence-corrected chi connectivity index (χ2v) is 5.97. The van der Waals surface area contributed by atoms with Crippen molar-refractivity contribution in [3.63, 3.8) is 0 Å². The van der Waals surface area contributed by atoms with E-state index >= 15 is 0 Å². The third-order valence-electron chi connectivity index (χ3n) is 3.95. The van der Waals surface area contributed by atoms with Crippen molar-refractivity contribution in [2.45, 2.75) is 13.0 Å². The lowest BCUT2D eigenvalue weighted by Gasteiger charge is -2.14. The molecule has 0 aliphatic heterocycles. The van der Waals surface area contributed by atoms with Gasteiger partial charge in [-0.2, -0.15) is 0 Å². The Kier molecular flexibility index (Phi) is 5.63. The molecule has 2 aromatic carbocycles. The SMILES string of the molecule is C[C@H](OC(=O)c1cncn1-c1ccc(F)cc1)C(=O)Nc1ccc([N+](=O)[O-])cc1. The molecular formula is C19H15FN4O5. The number of benzene rings is 2. The van der Waals surface area contributed by atoms with E-state index in [4.69, 9.17) is 4.74 Å². The van der Waals surface area contributed by atoms with Crippen LogP contribution in [0.25, 0.3) is 5.69 Å². The standard InChI is InChI=1S/C19H15FN4O5/c1-12(18(25)22-14-4-8-16(9-5-14)24(27)28)29-19(26)17-10-21-11-23(17)15-6-2-13(20)3-7-15/h2-12H,1H3,(H,22,25)/t12-/m0/s1. The maximum absolute atomic E-state index is 13.1. The summed E-state index contributed by atoms with van der Waals surface area (Å²) in [7, 11) is 0. The fourth-order valence-electron chi connectivity index (χ4n) is 2.44. The number of halogens is 1. The Hall–Kier alpha value is -4.08. The number of nitrogens with one attached hydrogen (secondary N) is 1. The highest BCUT2D eigenvalue weighted by Crippen LogP contribution is 2.17. The quantitative estimate of drug-likeness (QED) is 0.387. The summed E-state index contributed by atoms with van der Waals surface area (Å²) in [5.74, 6) is -1.83. The summed E-state index contributed by atoms with van der Waals surface area (Å²) in [6, 6.07) is 10.6. The van der Waals surface area contributed by atoms with E-state index in [0.29, 0.717) is 11.4 Å². The molecule has 0 spiro atoms. The van der Waals surface area contributed by atoms with Crippen LogP contribution in [0, 0.1) is 15.9 Å². The van der Waals surface area contributed by atoms with Gasteiger partial charge in [0.15, 0.2) is 11.8 Å². The molecule has 3 rings (SSSR count). The molecule has 1 heterocycles. The number of amides is 1. The van der Waals surface area contributed by atoms with E-state index in [1.807, 2.05) is 0 Å². The molecule has 0 saturated carbocycles. The molecule has 10 heteroatoms. The number of nitrogens with zero attached hydrogens (tertiary/aromatic N) is 3. The Morgan fingerprint density at radius 1 is 1.17 bits per heavy atom. The molecule has 3 aromatic rings. The van der Waals surface area contributed by atoms with Crippen LogP contribution in [-0.4, -0.2) is 32.5 Å². The summed E-state index contributed by atoms with van der Waals surface area (Å²) in [6.45, 7) is 1.39. The highest BCUT2D eigenvalue weighted by atomic mass is 19.1. The van der Waals surface area contributed by atoms with E-state index in [2.05, 4.69) is 10.3 Å². The Morgan fingerprint density at radius 2 is 1.83 bits per heavy atom. The zero-order valence-corrected chi connectivity index (χ0v) is 15.1. The summed E-state index contributed by atoms with van der Waals surface area (Å²) in [6.07, 6.45) is 1.49. The van der Waals surface area contributed by atoms with E-state index in [0.717, 1.165) is 0 Å². The summed E-state index contributed by atoms with van der Waals surface area (Å²) in [5.41, 5.74) is 0.766. The number of rotatable bonds is 6. The van der Waals surface area contributed by atoms with Crippen LogP contribution >= 0.6 is 0 Å². The lowest BCUT2D eigenvalue weighted by atomic mass is 10.2. The van der Waals surface area contributed by atoms with Crippen LogP contribution in [-0.2, 0) is 9.53 Å². The summed E-state index contributed by atoms with van der Waals surface area (Å²) >= 11 is 0. The first-order valence-electron chi connectivity index (χ1n) is 8.40. The Labute approximate surface area is 163 Å². The van der Waals surface area contributed by atoms with Gasteiger partial charge in [-0.25, -0.2) is 14.2 Å². The number of carbonyl (C=O) groups excluding carboxylic acids is 2. The molecule has 9 nitrogen and oxygen atoms in total. The monoisotopic (exact) mass is 398 g/mol. The van der Waals surface area contributed by atoms with Crippen LogP contribution in [0.1, 0.15) is 17.4 Å². The maximum atomic E-state index is 13.1. The second kappa shape index (κ2) is 8.30. The predicted octanol–water partition coefficient (Wildman–Crippen LogP) is 3.10. The van der Waals surface area contributed by atoms with Gasteiger partial charge in [-0.05, 0) is 43.3 Å². The Bertz CT molecular complexity index is 1050. The molecule has 0 aliphatic carbocycles. The summed E-state index contributed by atoms with van der Waals surface area (Å²) in [4.78, 5) is 38.7. The van der Waals surface area contributed by atoms with E-state index in [9.17, 15) is 24.1 Å². The van der Waals surface area contributed by atoms with Crippen molar-refractivity contribution in [3.8, 4) is 5.69 Å². The van der Waals surface area contributed by atoms with Crippen LogP contribution < -0.4 is 5.32 Å². The topological polar surface area (TPSA) is 116 Å². The van der Waals surface area contributed by atoms with Crippen LogP contribution in [0.5, 0.6) is 0 Å². The number of hydrogen-bond acceptors (Lipinski definition) is 6. The zero-order valence-electron chi connectivity index (χ0n) is 15.1. The van der Waals surface area contributed by atoms with Gasteiger partial charge in [0, 0.05) is 23.5 Å². The first kappa shape index (κ1) is 19.7. The number of aromatic nitrogens is 2. The van der Waals surface area contributed by atoms with Crippen LogP contribution in [0.15, 0.2) is 61.1 Å². The number of nitro benzene ring substituents is 1. The average Bonchev–Trinajstić information content (AvgIpc) is 3.19. The first-order valence-corrected chi connectivity index (χ1v) is 8.40. The zero-order chi connectivity index (χ0) is 21.0. The third kappa shape index (κ3) is 4.61. The number of carbonyl (C=O) groups is 2. The second-order valence-electron chi connectivity index (χ2n) is 5.97. The van der Waals surface area contributed by atoms with Crippen molar-refractivity contribution in [3.05, 3.63) is 82.7 Å². The molecule has 0 unspecified atom stereocenters. The number of ether oxygens (including phenoxy) is 1. The van der Waals surface area contributed by atoms with Gasteiger partial charge in [0.2, 0.25) is 0 Å². The van der Waals surface area contributed by atoms with Gasteiger partial charge in [0.1, 0.15) is 5.82 Å². The van der Waals surface area contributed by atoms with Crippen LogP contribution in [0.4, 0.5) is 15.8 Å². The van der Waals surface area contributed by atoms with E-state index < -0.39 is 28.7 Å². The first-order chi connectivity index (χ1) is 13.8. The minimum absolute atomic E-state index is 0.0617. The molecule has 0 aliphatic rings. The van der Waals surface area contributed by atoms with Gasteiger partial charge in [0.25, 0.3) is 11.6 Å². The molecule has 1 N–H and O–H groups in total. The third-order valence-corrected chi connectivity index (χ3v) is 3.95. The van der Waals surface area contributed by atoms with Gasteiger partial charge >= 0.3 is 5.97 Å². The molecule has 148 valence electrons. The Morgan fingerprint density at radius 3 is 2.45 bits per heavy atom. The molecule has 0 bridgehead atoms. The summed E-state index contributed by atoms with van der Waals surface area (Å²) in [5, 5.41) is 13.2. The van der Waals surface area contributed by atoms with Crippen molar-refractivity contribution in [2.24, 2.45) is 0 Å². The lowest BCUT2D eigenvalue weighted by Crippen LogP contribution is -2.30. The minimum atomic E-state index is -1.14. The van der Waals surface area contributed by atoms with E-state index in [1.165, 1.54) is 72.5 Å². The number of esters is 1. The number of hydrogen-bond donors (Lipinski definition) is 1. The number of nitro groups is 1. The summed E-state index contributed by atoms with van der Waals surface area (Å²) < 4.78 is 19.7. The van der Waals surface area contributed by atoms with Gasteiger partial charge < -0.3 is 10.1 Å². The largest absolute Gasteiger partial charge is 0.448 e. The molecular weight excluding hydrogens is 383 g/mol. The van der Waals surface area contributed by atoms with Crippen molar-refractivity contribution >= 4 is 23.3 Å². The fourth-order valence-corrected chi connectivity index (χ4v) is 2.44. The molecule has 1 amide bonds. The smallest absolute Gasteiger partial charge is 0.357 e. The number of imidazole rings is 1. The van der Waals surface area contributed by atoms with Crippen molar-refractivity contribution in [1.82, 2.24) is 9.55 Å². The number of non-ortho nitro benzene ring substituents is 1. The Balaban J connectivity index is 1.66. The molecule has 0 saturated heterocycles. The van der Waals surface area contributed by atoms with Crippen LogP contribution in [0.3, 0.4) is 0 Å². The van der Waals surface area contributed by atoms with Gasteiger partial charge in [-0.15, -0.1) is 0 Å². The van der Waals surface area contributed by atoms with Crippen molar-refractivity contribution < 1.29 is 23.6 Å². The minimum Gasteiger partial charge on any atom is -0.448 e. The van der Waals surface area contributed by atoms with E-state index in [-0.39, 0.29) is 11.4 Å². The maximum Gasteiger partial charge on any atom is 0.357 e. The van der Waals surface area contributed by atoms with Crippen molar-refractivity contribution in [1.29, 1.82) is 0 Å². The van der Waals surface area contributed by atoms with Gasteiger partial charge in [-0.3, -0.25) is 19.5 Å². The molecule has 1 aromatic heterocycles. The van der Waals surface area contributed by atoms with E-state index in [1.54, 1.807) is 0 Å². The molecule has 1 atom stereocenters. The highest BCUT2D eigenvalue weighted by molar-refractivity contribution is 5.97.